The smallest absolute Gasteiger partial charge is 0.292 e. The van der Waals surface area contributed by atoms with Crippen LogP contribution in [0.25, 0.3) is 5.70 Å². The van der Waals surface area contributed by atoms with Crippen LogP contribution < -0.4 is 5.73 Å². The average Bonchev–Trinajstić information content (AvgIpc) is 2.91. The van der Waals surface area contributed by atoms with Crippen molar-refractivity contribution >= 4 is 34.0 Å². The predicted octanol–water partition coefficient (Wildman–Crippen LogP) is 1.89. The molecule has 0 bridgehead atoms. The second kappa shape index (κ2) is 4.02. The fourth-order valence-electron chi connectivity index (χ4n) is 2.01. The topological polar surface area (TPSA) is 84.8 Å². The van der Waals surface area contributed by atoms with Crippen molar-refractivity contribution in [1.29, 1.82) is 0 Å². The summed E-state index contributed by atoms with van der Waals surface area (Å²) >= 11 is 1.55. The Morgan fingerprint density at radius 2 is 2.33 bits per heavy atom. The number of anilines is 1. The van der Waals surface area contributed by atoms with Crippen molar-refractivity contribution in [3.8, 4) is 0 Å². The van der Waals surface area contributed by atoms with Crippen LogP contribution in [0.2, 0.25) is 0 Å². The van der Waals surface area contributed by atoms with Gasteiger partial charge >= 0.3 is 0 Å². The normalized spacial score (nSPS) is 17.4. The standard InChI is InChI=1S/C11H10N4O2S/c12-8-2-1-7(5-9(8)15(16)17)10-6-18-11-13-3-4-14(10)11/h1-2,5-6H,3-4,12H2. The Labute approximate surface area is 107 Å². The number of hydrogen-bond acceptors (Lipinski definition) is 6. The summed E-state index contributed by atoms with van der Waals surface area (Å²) in [6.45, 7) is 1.60. The molecule has 2 heterocycles. The molecule has 0 saturated heterocycles. The lowest BCUT2D eigenvalue weighted by molar-refractivity contribution is -0.383. The first kappa shape index (κ1) is 11.1. The minimum absolute atomic E-state index is 0.0528. The van der Waals surface area contributed by atoms with E-state index in [1.807, 2.05) is 5.41 Å². The number of thioether (sulfide) groups is 1. The summed E-state index contributed by atoms with van der Waals surface area (Å²) in [4.78, 5) is 16.8. The van der Waals surface area contributed by atoms with E-state index in [0.29, 0.717) is 0 Å². The zero-order valence-electron chi connectivity index (χ0n) is 9.37. The summed E-state index contributed by atoms with van der Waals surface area (Å²) in [5, 5.41) is 13.8. The number of hydrogen-bond donors (Lipinski definition) is 1. The molecule has 6 nitrogen and oxygen atoms in total. The summed E-state index contributed by atoms with van der Waals surface area (Å²) in [6, 6.07) is 4.89. The molecule has 0 aromatic heterocycles. The maximum atomic E-state index is 10.9. The van der Waals surface area contributed by atoms with Crippen LogP contribution in [-0.2, 0) is 0 Å². The molecule has 2 N–H and O–H groups in total. The summed E-state index contributed by atoms with van der Waals surface area (Å²) in [5.74, 6) is 0. The molecule has 0 aliphatic carbocycles. The highest BCUT2D eigenvalue weighted by molar-refractivity contribution is 8.16. The first-order chi connectivity index (χ1) is 8.66. The van der Waals surface area contributed by atoms with E-state index in [0.717, 1.165) is 29.5 Å². The van der Waals surface area contributed by atoms with Crippen LogP contribution in [0, 0.1) is 10.1 Å². The molecule has 0 unspecified atom stereocenters. The maximum absolute atomic E-state index is 10.9. The lowest BCUT2D eigenvalue weighted by atomic mass is 10.1. The Balaban J connectivity index is 2.01. The van der Waals surface area contributed by atoms with Crippen LogP contribution in [0.15, 0.2) is 28.6 Å². The van der Waals surface area contributed by atoms with Crippen LogP contribution >= 0.6 is 11.8 Å². The van der Waals surface area contributed by atoms with Gasteiger partial charge in [0.25, 0.3) is 5.69 Å². The zero-order valence-corrected chi connectivity index (χ0v) is 10.2. The van der Waals surface area contributed by atoms with Crippen LogP contribution in [0.4, 0.5) is 11.4 Å². The third kappa shape index (κ3) is 1.63. The summed E-state index contributed by atoms with van der Waals surface area (Å²) in [6.07, 6.45) is 0. The number of nitrogens with zero attached hydrogens (tertiary/aromatic N) is 3. The highest BCUT2D eigenvalue weighted by Crippen LogP contribution is 2.37. The van der Waals surface area contributed by atoms with Gasteiger partial charge in [-0.05, 0) is 6.07 Å². The fourth-order valence-corrected chi connectivity index (χ4v) is 2.97. The Morgan fingerprint density at radius 1 is 1.50 bits per heavy atom. The van der Waals surface area contributed by atoms with Crippen molar-refractivity contribution in [2.24, 2.45) is 4.99 Å². The SMILES string of the molecule is Nc1ccc(C2=CSC3=NCCN23)cc1[N+](=O)[O-]. The van der Waals surface area contributed by atoms with E-state index in [4.69, 9.17) is 5.73 Å². The van der Waals surface area contributed by atoms with E-state index < -0.39 is 4.92 Å². The Morgan fingerprint density at radius 3 is 3.11 bits per heavy atom. The first-order valence-corrected chi connectivity index (χ1v) is 6.28. The van der Waals surface area contributed by atoms with Crippen molar-refractivity contribution in [3.63, 3.8) is 0 Å². The van der Waals surface area contributed by atoms with Gasteiger partial charge in [0, 0.05) is 23.6 Å². The molecule has 0 atom stereocenters. The Bertz CT molecular complexity index is 597. The van der Waals surface area contributed by atoms with E-state index >= 15 is 0 Å². The highest BCUT2D eigenvalue weighted by Gasteiger charge is 2.28. The van der Waals surface area contributed by atoms with Crippen molar-refractivity contribution in [2.45, 2.75) is 0 Å². The molecule has 92 valence electrons. The Hall–Kier alpha value is -2.02. The van der Waals surface area contributed by atoms with Gasteiger partial charge in [-0.15, -0.1) is 0 Å². The largest absolute Gasteiger partial charge is 0.393 e. The lowest BCUT2D eigenvalue weighted by Crippen LogP contribution is -2.19. The minimum Gasteiger partial charge on any atom is -0.393 e. The molecule has 7 heteroatoms. The van der Waals surface area contributed by atoms with Gasteiger partial charge in [-0.3, -0.25) is 15.1 Å². The van der Waals surface area contributed by atoms with Gasteiger partial charge in [-0.25, -0.2) is 0 Å². The zero-order chi connectivity index (χ0) is 12.7. The third-order valence-electron chi connectivity index (χ3n) is 2.89. The second-order valence-corrected chi connectivity index (χ2v) is 4.80. The molecular weight excluding hydrogens is 252 g/mol. The number of rotatable bonds is 2. The number of nitrogen functional groups attached to an aromatic ring is 1. The van der Waals surface area contributed by atoms with Gasteiger partial charge in [-0.2, -0.15) is 0 Å². The molecule has 2 aliphatic heterocycles. The van der Waals surface area contributed by atoms with Crippen LogP contribution in [0.3, 0.4) is 0 Å². The lowest BCUT2D eigenvalue weighted by Gasteiger charge is -2.16. The number of amidine groups is 1. The number of fused-ring (bicyclic) bond motifs is 1. The van der Waals surface area contributed by atoms with Crippen LogP contribution in [-0.4, -0.2) is 28.1 Å². The van der Waals surface area contributed by atoms with Gasteiger partial charge in [0.05, 0.1) is 17.2 Å². The molecule has 1 aromatic rings. The van der Waals surface area contributed by atoms with Crippen molar-refractivity contribution in [2.75, 3.05) is 18.8 Å². The fraction of sp³-hybridized carbons (Fsp3) is 0.182. The number of aliphatic imine (C=N–C) groups is 1. The number of nitro benzene ring substituents is 1. The molecule has 0 radical (unpaired) electrons. The van der Waals surface area contributed by atoms with Gasteiger partial charge in [0.1, 0.15) is 5.69 Å². The molecule has 0 amide bonds. The molecule has 2 aliphatic rings. The van der Waals surface area contributed by atoms with Crippen LogP contribution in [0.1, 0.15) is 5.56 Å². The Kier molecular flexibility index (Phi) is 2.48. The third-order valence-corrected chi connectivity index (χ3v) is 3.79. The van der Waals surface area contributed by atoms with E-state index in [9.17, 15) is 10.1 Å². The second-order valence-electron chi connectivity index (χ2n) is 3.97. The van der Waals surface area contributed by atoms with Crippen molar-refractivity contribution in [3.05, 3.63) is 39.3 Å². The minimum atomic E-state index is -0.458. The van der Waals surface area contributed by atoms with E-state index in [-0.39, 0.29) is 11.4 Å². The predicted molar refractivity (Wildman–Crippen MR) is 72.1 cm³/mol. The van der Waals surface area contributed by atoms with Gasteiger partial charge < -0.3 is 10.6 Å². The first-order valence-electron chi connectivity index (χ1n) is 5.40. The van der Waals surface area contributed by atoms with Crippen molar-refractivity contribution in [1.82, 2.24) is 4.90 Å². The molecule has 1 aromatic carbocycles. The van der Waals surface area contributed by atoms with E-state index in [2.05, 4.69) is 9.89 Å². The van der Waals surface area contributed by atoms with Gasteiger partial charge in [0.2, 0.25) is 0 Å². The molecular formula is C11H10N4O2S. The van der Waals surface area contributed by atoms with E-state index in [1.165, 1.54) is 6.07 Å². The quantitative estimate of drug-likeness (QED) is 0.500. The summed E-state index contributed by atoms with van der Waals surface area (Å²) in [7, 11) is 0. The molecule has 18 heavy (non-hydrogen) atoms. The van der Waals surface area contributed by atoms with Crippen molar-refractivity contribution < 1.29 is 4.92 Å². The monoisotopic (exact) mass is 262 g/mol. The maximum Gasteiger partial charge on any atom is 0.292 e. The molecule has 0 saturated carbocycles. The van der Waals surface area contributed by atoms with Crippen LogP contribution in [0.5, 0.6) is 0 Å². The number of nitrogens with two attached hydrogens (primary N) is 1. The number of benzene rings is 1. The van der Waals surface area contributed by atoms with Gasteiger partial charge in [-0.1, -0.05) is 17.8 Å². The molecule has 0 spiro atoms. The van der Waals surface area contributed by atoms with Gasteiger partial charge in [0.15, 0.2) is 5.17 Å². The molecule has 0 fully saturated rings. The molecule has 3 rings (SSSR count). The number of nitro groups is 1. The summed E-state index contributed by atoms with van der Waals surface area (Å²) < 4.78 is 0. The van der Waals surface area contributed by atoms with E-state index in [1.54, 1.807) is 23.9 Å². The summed E-state index contributed by atoms with van der Waals surface area (Å²) in [5.41, 5.74) is 7.48. The highest BCUT2D eigenvalue weighted by atomic mass is 32.2. The average molecular weight is 262 g/mol.